The van der Waals surface area contributed by atoms with Gasteiger partial charge in [-0.15, -0.1) is 0 Å². The fourth-order valence-corrected chi connectivity index (χ4v) is 3.82. The van der Waals surface area contributed by atoms with Crippen LogP contribution < -0.4 is 11.1 Å². The monoisotopic (exact) mass is 416 g/mol. The van der Waals surface area contributed by atoms with Gasteiger partial charge >= 0.3 is 0 Å². The Morgan fingerprint density at radius 1 is 1.24 bits per heavy atom. The molecule has 1 aliphatic heterocycles. The van der Waals surface area contributed by atoms with E-state index in [0.717, 1.165) is 31.2 Å². The lowest BCUT2D eigenvalue weighted by Crippen LogP contribution is -2.44. The lowest BCUT2D eigenvalue weighted by molar-refractivity contribution is -0.131. The molecule has 0 atom stereocenters. The molecule has 0 aliphatic carbocycles. The van der Waals surface area contributed by atoms with Crippen molar-refractivity contribution in [1.29, 1.82) is 0 Å². The van der Waals surface area contributed by atoms with Gasteiger partial charge in [0.05, 0.1) is 6.54 Å². The number of carbonyl (C=O) groups excluding carboxylic acids is 2. The zero-order valence-corrected chi connectivity index (χ0v) is 17.2. The summed E-state index contributed by atoms with van der Waals surface area (Å²) < 4.78 is 0. The average molecular weight is 417 g/mol. The number of piperidine rings is 1. The number of halogens is 1. The minimum Gasteiger partial charge on any atom is -0.383 e. The predicted octanol–water partition coefficient (Wildman–Crippen LogP) is 2.02. The first-order valence-corrected chi connectivity index (χ1v) is 10.1. The third-order valence-electron chi connectivity index (χ3n) is 5.21. The van der Waals surface area contributed by atoms with Gasteiger partial charge in [0.25, 0.3) is 5.91 Å². The summed E-state index contributed by atoms with van der Waals surface area (Å²) in [5, 5.41) is 3.09. The maximum atomic E-state index is 12.4. The normalized spacial score (nSPS) is 14.6. The van der Waals surface area contributed by atoms with Crippen molar-refractivity contribution < 1.29 is 9.59 Å². The molecule has 29 heavy (non-hydrogen) atoms. The van der Waals surface area contributed by atoms with E-state index < -0.39 is 0 Å². The van der Waals surface area contributed by atoms with Crippen molar-refractivity contribution in [2.45, 2.75) is 32.6 Å². The second-order valence-corrected chi connectivity index (χ2v) is 7.56. The summed E-state index contributed by atoms with van der Waals surface area (Å²) in [7, 11) is 0. The quantitative estimate of drug-likeness (QED) is 0.696. The van der Waals surface area contributed by atoms with Gasteiger partial charge in [-0.25, -0.2) is 9.97 Å². The predicted molar refractivity (Wildman–Crippen MR) is 110 cm³/mol. The molecule has 3 rings (SSSR count). The van der Waals surface area contributed by atoms with Crippen LogP contribution in [0.4, 0.5) is 5.82 Å². The van der Waals surface area contributed by atoms with E-state index in [1.54, 1.807) is 36.4 Å². The van der Waals surface area contributed by atoms with E-state index in [9.17, 15) is 9.59 Å². The molecule has 0 saturated carbocycles. The van der Waals surface area contributed by atoms with Crippen LogP contribution in [0.15, 0.2) is 24.5 Å². The van der Waals surface area contributed by atoms with E-state index in [-0.39, 0.29) is 18.4 Å². The van der Waals surface area contributed by atoms with E-state index in [2.05, 4.69) is 20.3 Å². The van der Waals surface area contributed by atoms with Gasteiger partial charge in [0.2, 0.25) is 5.91 Å². The third-order valence-corrected chi connectivity index (χ3v) is 5.53. The van der Waals surface area contributed by atoms with Crippen molar-refractivity contribution in [3.8, 4) is 0 Å². The minimum absolute atomic E-state index is 0.00132. The molecule has 154 valence electrons. The zero-order chi connectivity index (χ0) is 20.8. The van der Waals surface area contributed by atoms with Crippen LogP contribution in [-0.4, -0.2) is 51.3 Å². The molecule has 8 nitrogen and oxygen atoms in total. The Morgan fingerprint density at radius 3 is 2.59 bits per heavy atom. The summed E-state index contributed by atoms with van der Waals surface area (Å²) in [4.78, 5) is 38.5. The molecule has 1 aliphatic rings. The lowest BCUT2D eigenvalue weighted by atomic mass is 9.91. The number of nitrogens with one attached hydrogen (secondary N) is 1. The number of anilines is 1. The number of likely N-dealkylation sites (tertiary alicyclic amines) is 1. The highest BCUT2D eigenvalue weighted by Crippen LogP contribution is 2.26. The summed E-state index contributed by atoms with van der Waals surface area (Å²) in [5.41, 5.74) is 7.26. The molecule has 0 bridgehead atoms. The molecule has 2 amide bonds. The molecule has 3 N–H and O–H groups in total. The zero-order valence-electron chi connectivity index (χ0n) is 16.4. The maximum absolute atomic E-state index is 12.4. The number of aryl methyl sites for hydroxylation is 1. The van der Waals surface area contributed by atoms with Crippen molar-refractivity contribution in [2.24, 2.45) is 5.92 Å². The first-order valence-electron chi connectivity index (χ1n) is 9.68. The van der Waals surface area contributed by atoms with Crippen molar-refractivity contribution in [1.82, 2.24) is 25.2 Å². The maximum Gasteiger partial charge on any atom is 0.251 e. The fraction of sp³-hybridized carbons (Fsp3) is 0.450. The van der Waals surface area contributed by atoms with Gasteiger partial charge in [0, 0.05) is 36.6 Å². The second kappa shape index (κ2) is 9.65. The van der Waals surface area contributed by atoms with Gasteiger partial charge in [-0.1, -0.05) is 11.6 Å². The number of nitrogen functional groups attached to an aromatic ring is 1. The minimum atomic E-state index is -0.273. The Balaban J connectivity index is 1.42. The van der Waals surface area contributed by atoms with Crippen LogP contribution in [0, 0.1) is 12.8 Å². The molecule has 1 saturated heterocycles. The summed E-state index contributed by atoms with van der Waals surface area (Å²) in [6, 6.07) is 3.23. The summed E-state index contributed by atoms with van der Waals surface area (Å²) in [5.74, 6) is 1.16. The third kappa shape index (κ3) is 5.63. The number of nitrogens with two attached hydrogens (primary N) is 1. The van der Waals surface area contributed by atoms with Crippen LogP contribution in [0.1, 0.15) is 41.0 Å². The number of rotatable bonds is 6. The van der Waals surface area contributed by atoms with E-state index in [1.165, 1.54) is 0 Å². The van der Waals surface area contributed by atoms with Crippen LogP contribution >= 0.6 is 11.6 Å². The molecular weight excluding hydrogens is 392 g/mol. The highest BCUT2D eigenvalue weighted by Gasteiger charge is 2.23. The van der Waals surface area contributed by atoms with Crippen LogP contribution in [0.2, 0.25) is 5.15 Å². The number of pyridine rings is 1. The van der Waals surface area contributed by atoms with E-state index in [4.69, 9.17) is 17.3 Å². The molecule has 0 radical (unpaired) electrons. The molecule has 3 heterocycles. The second-order valence-electron chi connectivity index (χ2n) is 7.21. The van der Waals surface area contributed by atoms with Crippen LogP contribution in [-0.2, 0) is 11.2 Å². The Kier molecular flexibility index (Phi) is 6.98. The first kappa shape index (κ1) is 21.0. The largest absolute Gasteiger partial charge is 0.383 e. The topological polar surface area (TPSA) is 114 Å². The van der Waals surface area contributed by atoms with E-state index in [1.807, 2.05) is 0 Å². The highest BCUT2D eigenvalue weighted by molar-refractivity contribution is 6.30. The standard InChI is InChI=1S/C20H25ClN6O2/c1-13-25-18(21)16(19(22)26-13)3-2-14-6-10-27(11-7-14)17(28)12-24-20(29)15-4-8-23-9-5-15/h4-5,8-9,14H,2-3,6-7,10-12H2,1H3,(H,24,29)(H2,22,25,26). The molecule has 2 aromatic rings. The van der Waals surface area contributed by atoms with Crippen molar-refractivity contribution >= 4 is 29.2 Å². The number of carbonyl (C=O) groups is 2. The smallest absolute Gasteiger partial charge is 0.251 e. The summed E-state index contributed by atoms with van der Waals surface area (Å²) in [6.45, 7) is 3.13. The van der Waals surface area contributed by atoms with Gasteiger partial charge in [-0.2, -0.15) is 0 Å². The van der Waals surface area contributed by atoms with Gasteiger partial charge in [-0.3, -0.25) is 14.6 Å². The summed E-state index contributed by atoms with van der Waals surface area (Å²) in [6.07, 6.45) is 6.57. The van der Waals surface area contributed by atoms with E-state index in [0.29, 0.717) is 41.4 Å². The van der Waals surface area contributed by atoms with Crippen LogP contribution in [0.25, 0.3) is 0 Å². The fourth-order valence-electron chi connectivity index (χ4n) is 3.51. The number of nitrogens with zero attached hydrogens (tertiary/aromatic N) is 4. The Morgan fingerprint density at radius 2 is 1.93 bits per heavy atom. The number of hydrogen-bond donors (Lipinski definition) is 2. The van der Waals surface area contributed by atoms with E-state index >= 15 is 0 Å². The molecular formula is C20H25ClN6O2. The van der Waals surface area contributed by atoms with Gasteiger partial charge in [0.15, 0.2) is 0 Å². The first-order chi connectivity index (χ1) is 13.9. The summed E-state index contributed by atoms with van der Waals surface area (Å²) >= 11 is 6.20. The SMILES string of the molecule is Cc1nc(N)c(CCC2CCN(C(=O)CNC(=O)c3ccncc3)CC2)c(Cl)n1. The average Bonchev–Trinajstić information content (AvgIpc) is 2.72. The van der Waals surface area contributed by atoms with Crippen molar-refractivity contribution in [3.05, 3.63) is 46.6 Å². The number of hydrogen-bond acceptors (Lipinski definition) is 6. The molecule has 0 spiro atoms. The lowest BCUT2D eigenvalue weighted by Gasteiger charge is -2.32. The Bertz CT molecular complexity index is 846. The van der Waals surface area contributed by atoms with Crippen molar-refractivity contribution in [3.63, 3.8) is 0 Å². The van der Waals surface area contributed by atoms with Crippen LogP contribution in [0.3, 0.4) is 0 Å². The van der Waals surface area contributed by atoms with Gasteiger partial charge in [-0.05, 0) is 50.7 Å². The molecule has 0 unspecified atom stereocenters. The number of amides is 2. The Labute approximate surface area is 174 Å². The Hall–Kier alpha value is -2.74. The van der Waals surface area contributed by atoms with Crippen molar-refractivity contribution in [2.75, 3.05) is 25.4 Å². The molecule has 2 aromatic heterocycles. The number of aromatic nitrogens is 3. The van der Waals surface area contributed by atoms with Gasteiger partial charge in [0.1, 0.15) is 16.8 Å². The highest BCUT2D eigenvalue weighted by atomic mass is 35.5. The molecule has 9 heteroatoms. The molecule has 0 aromatic carbocycles. The van der Waals surface area contributed by atoms with Gasteiger partial charge < -0.3 is 16.0 Å². The molecule has 1 fully saturated rings. The van der Waals surface area contributed by atoms with Crippen LogP contribution in [0.5, 0.6) is 0 Å².